The molecule has 4 rings (SSSR count). The quantitative estimate of drug-likeness (QED) is 0.535. The molecule has 0 spiro atoms. The van der Waals surface area contributed by atoms with Crippen LogP contribution in [0.5, 0.6) is 5.75 Å². The van der Waals surface area contributed by atoms with E-state index in [1.165, 1.54) is 37.8 Å². The Kier molecular flexibility index (Phi) is 6.11. The summed E-state index contributed by atoms with van der Waals surface area (Å²) in [5, 5.41) is 20.8. The van der Waals surface area contributed by atoms with Crippen molar-refractivity contribution in [3.05, 3.63) is 51.4 Å². The molecule has 3 aromatic rings. The maximum Gasteiger partial charge on any atom is 0.345 e. The van der Waals surface area contributed by atoms with Gasteiger partial charge >= 0.3 is 5.97 Å². The van der Waals surface area contributed by atoms with Gasteiger partial charge < -0.3 is 19.8 Å². The van der Waals surface area contributed by atoms with E-state index >= 15 is 0 Å². The Hall–Kier alpha value is -3.06. The van der Waals surface area contributed by atoms with Gasteiger partial charge in [0, 0.05) is 41.8 Å². The summed E-state index contributed by atoms with van der Waals surface area (Å²) in [7, 11) is 4.27. The number of hydrogen-bond acceptors (Lipinski definition) is 4. The lowest BCUT2D eigenvalue weighted by Gasteiger charge is -2.31. The number of nitrogens with zero attached hydrogens (tertiary/aromatic N) is 2. The molecule has 2 aromatic heterocycles. The molecule has 7 nitrogen and oxygen atoms in total. The monoisotopic (exact) mass is 437 g/mol. The molecule has 3 N–H and O–H groups in total. The Labute approximate surface area is 187 Å². The van der Waals surface area contributed by atoms with Gasteiger partial charge in [-0.15, -0.1) is 0 Å². The van der Waals surface area contributed by atoms with E-state index in [-0.39, 0.29) is 0 Å². The molecule has 1 aromatic carbocycles. The minimum atomic E-state index is -1.43. The number of aromatic amines is 1. The highest BCUT2D eigenvalue weighted by Crippen LogP contribution is 2.32. The third-order valence-electron chi connectivity index (χ3n) is 6.90. The Morgan fingerprint density at radius 2 is 1.94 bits per heavy atom. The molecule has 0 radical (unpaired) electrons. The minimum Gasteiger partial charge on any atom is -0.506 e. The first kappa shape index (κ1) is 22.1. The predicted molar refractivity (Wildman–Crippen MR) is 125 cm³/mol. The van der Waals surface area contributed by atoms with E-state index in [4.69, 9.17) is 0 Å². The lowest BCUT2D eigenvalue weighted by molar-refractivity contribution is 0.0691. The average molecular weight is 438 g/mol. The number of benzene rings is 1. The van der Waals surface area contributed by atoms with Crippen LogP contribution < -0.4 is 5.56 Å². The molecule has 2 heterocycles. The highest BCUT2D eigenvalue weighted by Gasteiger charge is 2.23. The summed E-state index contributed by atoms with van der Waals surface area (Å²) in [5.41, 5.74) is 2.54. The Bertz CT molecular complexity index is 1220. The number of aryl methyl sites for hydroxylation is 1. The molecule has 0 saturated heterocycles. The Balaban J connectivity index is 1.72. The lowest BCUT2D eigenvalue weighted by atomic mass is 9.94. The summed E-state index contributed by atoms with van der Waals surface area (Å²) in [4.78, 5) is 28.9. The standard InChI is InChI=1S/C25H31N3O4/c1-4-19-22(26-24(30)21(23(19)29)25(31)32)15-10-11-20-16(12-15)13-18(28(20)3)14-27(2)17-8-6-5-7-9-17/h10-13,17H,4-9,14H2,1-3H3,(H,31,32)(H2,26,29,30). The molecule has 0 atom stereocenters. The van der Waals surface area contributed by atoms with Gasteiger partial charge in [0.1, 0.15) is 5.75 Å². The van der Waals surface area contributed by atoms with Gasteiger partial charge in [0.25, 0.3) is 5.56 Å². The second-order valence-corrected chi connectivity index (χ2v) is 8.87. The van der Waals surface area contributed by atoms with Gasteiger partial charge in [0.2, 0.25) is 0 Å². The molecule has 0 unspecified atom stereocenters. The van der Waals surface area contributed by atoms with Gasteiger partial charge in [0.05, 0.1) is 5.69 Å². The van der Waals surface area contributed by atoms with E-state index in [1.54, 1.807) is 0 Å². The summed E-state index contributed by atoms with van der Waals surface area (Å²) in [5.74, 6) is -1.89. The lowest BCUT2D eigenvalue weighted by Crippen LogP contribution is -2.33. The predicted octanol–water partition coefficient (Wildman–Crippen LogP) is 4.26. The third-order valence-corrected chi connectivity index (χ3v) is 6.90. The van der Waals surface area contributed by atoms with Crippen molar-refractivity contribution >= 4 is 16.9 Å². The largest absolute Gasteiger partial charge is 0.506 e. The molecule has 0 amide bonds. The molecule has 0 aliphatic heterocycles. The zero-order valence-corrected chi connectivity index (χ0v) is 18.9. The number of fused-ring (bicyclic) bond motifs is 1. The molecule has 1 aliphatic rings. The number of carbonyl (C=O) groups is 1. The van der Waals surface area contributed by atoms with Crippen LogP contribution in [-0.2, 0) is 20.0 Å². The molecule has 0 bridgehead atoms. The van der Waals surface area contributed by atoms with Crippen molar-refractivity contribution in [2.45, 2.75) is 58.0 Å². The van der Waals surface area contributed by atoms with E-state index in [2.05, 4.69) is 34.6 Å². The minimum absolute atomic E-state index is 0.391. The van der Waals surface area contributed by atoms with Crippen LogP contribution in [0.4, 0.5) is 0 Å². The number of aromatic hydroxyl groups is 1. The van der Waals surface area contributed by atoms with Crippen molar-refractivity contribution in [1.29, 1.82) is 0 Å². The Morgan fingerprint density at radius 1 is 1.22 bits per heavy atom. The van der Waals surface area contributed by atoms with Gasteiger partial charge in [-0.05, 0) is 50.1 Å². The molecule has 1 fully saturated rings. The van der Waals surface area contributed by atoms with Crippen LogP contribution in [0.3, 0.4) is 0 Å². The molecule has 170 valence electrons. The average Bonchev–Trinajstić information content (AvgIpc) is 3.08. The molecular formula is C25H31N3O4. The van der Waals surface area contributed by atoms with Crippen molar-refractivity contribution in [2.24, 2.45) is 7.05 Å². The normalized spacial score (nSPS) is 15.0. The summed E-state index contributed by atoms with van der Waals surface area (Å²) in [6.45, 7) is 2.69. The fraction of sp³-hybridized carbons (Fsp3) is 0.440. The number of aromatic nitrogens is 2. The first-order valence-corrected chi connectivity index (χ1v) is 11.3. The zero-order valence-electron chi connectivity index (χ0n) is 18.9. The van der Waals surface area contributed by atoms with Crippen molar-refractivity contribution in [3.63, 3.8) is 0 Å². The number of hydrogen-bond donors (Lipinski definition) is 3. The second kappa shape index (κ2) is 8.82. The van der Waals surface area contributed by atoms with Crippen LogP contribution in [0, 0.1) is 0 Å². The maximum absolute atomic E-state index is 12.3. The second-order valence-electron chi connectivity index (χ2n) is 8.87. The van der Waals surface area contributed by atoms with Crippen molar-refractivity contribution in [3.8, 4) is 17.0 Å². The smallest absolute Gasteiger partial charge is 0.345 e. The third kappa shape index (κ3) is 3.93. The number of H-pyrrole nitrogens is 1. The van der Waals surface area contributed by atoms with Crippen LogP contribution in [0.1, 0.15) is 60.6 Å². The van der Waals surface area contributed by atoms with E-state index in [0.717, 1.165) is 23.0 Å². The summed E-state index contributed by atoms with van der Waals surface area (Å²) >= 11 is 0. The fourth-order valence-corrected chi connectivity index (χ4v) is 5.04. The maximum atomic E-state index is 12.3. The van der Waals surface area contributed by atoms with Crippen LogP contribution in [0.2, 0.25) is 0 Å². The SMILES string of the molecule is CCc1c(-c2ccc3c(c2)cc(CN(C)C2CCCCC2)n3C)[nH]c(=O)c(C(=O)O)c1O. The van der Waals surface area contributed by atoms with Gasteiger partial charge in [-0.3, -0.25) is 9.69 Å². The molecule has 1 saturated carbocycles. The number of rotatable bonds is 6. The number of carboxylic acid groups (broad SMARTS) is 1. The zero-order chi connectivity index (χ0) is 23.0. The topological polar surface area (TPSA) is 98.6 Å². The molecular weight excluding hydrogens is 406 g/mol. The van der Waals surface area contributed by atoms with Gasteiger partial charge in [-0.2, -0.15) is 0 Å². The van der Waals surface area contributed by atoms with Gasteiger partial charge in [-0.25, -0.2) is 4.79 Å². The number of aromatic carboxylic acids is 1. The number of nitrogens with one attached hydrogen (secondary N) is 1. The van der Waals surface area contributed by atoms with Gasteiger partial charge in [-0.1, -0.05) is 32.3 Å². The summed E-state index contributed by atoms with van der Waals surface area (Å²) in [6, 6.07) is 8.71. The van der Waals surface area contributed by atoms with Crippen molar-refractivity contribution < 1.29 is 15.0 Å². The van der Waals surface area contributed by atoms with Crippen LogP contribution in [0.15, 0.2) is 29.1 Å². The van der Waals surface area contributed by atoms with Gasteiger partial charge in [0.15, 0.2) is 5.56 Å². The van der Waals surface area contributed by atoms with Crippen LogP contribution in [0.25, 0.3) is 22.2 Å². The highest BCUT2D eigenvalue weighted by atomic mass is 16.4. The molecule has 32 heavy (non-hydrogen) atoms. The van der Waals surface area contributed by atoms with E-state index in [1.807, 2.05) is 25.1 Å². The summed E-state index contributed by atoms with van der Waals surface area (Å²) in [6.07, 6.45) is 6.85. The number of carboxylic acids is 1. The number of pyridine rings is 1. The fourth-order valence-electron chi connectivity index (χ4n) is 5.04. The first-order chi connectivity index (χ1) is 15.3. The van der Waals surface area contributed by atoms with Crippen molar-refractivity contribution in [1.82, 2.24) is 14.5 Å². The first-order valence-electron chi connectivity index (χ1n) is 11.3. The van der Waals surface area contributed by atoms with E-state index < -0.39 is 22.8 Å². The summed E-state index contributed by atoms with van der Waals surface area (Å²) < 4.78 is 2.20. The highest BCUT2D eigenvalue weighted by molar-refractivity contribution is 5.92. The van der Waals surface area contributed by atoms with E-state index in [9.17, 15) is 19.8 Å². The van der Waals surface area contributed by atoms with Crippen LogP contribution in [-0.4, -0.2) is 43.7 Å². The molecule has 1 aliphatic carbocycles. The molecule has 7 heteroatoms. The van der Waals surface area contributed by atoms with E-state index in [0.29, 0.717) is 23.7 Å². The van der Waals surface area contributed by atoms with Crippen molar-refractivity contribution in [2.75, 3.05) is 7.05 Å². The van der Waals surface area contributed by atoms with Crippen LogP contribution >= 0.6 is 0 Å². The Morgan fingerprint density at radius 3 is 2.59 bits per heavy atom.